The lowest BCUT2D eigenvalue weighted by Crippen LogP contribution is -2.50. The predicted molar refractivity (Wildman–Crippen MR) is 85.5 cm³/mol. The van der Waals surface area contributed by atoms with E-state index in [4.69, 9.17) is 4.74 Å². The molecule has 1 aromatic heterocycles. The summed E-state index contributed by atoms with van der Waals surface area (Å²) in [4.78, 5) is 12.0. The summed E-state index contributed by atoms with van der Waals surface area (Å²) in [6.07, 6.45) is 7.02. The molecule has 0 saturated heterocycles. The van der Waals surface area contributed by atoms with E-state index < -0.39 is 5.60 Å². The van der Waals surface area contributed by atoms with Crippen molar-refractivity contribution in [2.45, 2.75) is 77.1 Å². The number of carbonyl (C=O) groups excluding carboxylic acids is 1. The Morgan fingerprint density at radius 2 is 2.05 bits per heavy atom. The molecule has 2 rings (SSSR count). The minimum atomic E-state index is -0.465. The van der Waals surface area contributed by atoms with Crippen molar-refractivity contribution in [1.29, 1.82) is 0 Å². The first-order valence-electron chi connectivity index (χ1n) is 8.15. The Morgan fingerprint density at radius 1 is 1.32 bits per heavy atom. The molecule has 0 radical (unpaired) electrons. The SMILES string of the molecule is CC(C)(C)OC(=O)NC1CCCCCC1NCc1ccn[nH]1. The lowest BCUT2D eigenvalue weighted by Gasteiger charge is -2.28. The highest BCUT2D eigenvalue weighted by Gasteiger charge is 2.27. The zero-order valence-electron chi connectivity index (χ0n) is 13.8. The smallest absolute Gasteiger partial charge is 0.407 e. The fraction of sp³-hybridized carbons (Fsp3) is 0.750. The van der Waals surface area contributed by atoms with Crippen LogP contribution in [-0.4, -0.2) is 34.0 Å². The Morgan fingerprint density at radius 3 is 2.68 bits per heavy atom. The molecule has 0 aromatic carbocycles. The minimum absolute atomic E-state index is 0.111. The van der Waals surface area contributed by atoms with Gasteiger partial charge in [0.05, 0.1) is 0 Å². The number of ether oxygens (including phenoxy) is 1. The molecule has 1 saturated carbocycles. The zero-order valence-corrected chi connectivity index (χ0v) is 13.8. The second kappa shape index (κ2) is 7.63. The summed E-state index contributed by atoms with van der Waals surface area (Å²) in [5, 5.41) is 13.5. The third-order valence-corrected chi connectivity index (χ3v) is 3.83. The largest absolute Gasteiger partial charge is 0.444 e. The van der Waals surface area contributed by atoms with Crippen LogP contribution in [0.2, 0.25) is 0 Å². The van der Waals surface area contributed by atoms with Gasteiger partial charge in [-0.1, -0.05) is 19.3 Å². The molecular formula is C16H28N4O2. The quantitative estimate of drug-likeness (QED) is 0.747. The lowest BCUT2D eigenvalue weighted by molar-refractivity contribution is 0.0489. The average molecular weight is 308 g/mol. The highest BCUT2D eigenvalue weighted by Crippen LogP contribution is 2.19. The maximum atomic E-state index is 12.0. The van der Waals surface area contributed by atoms with E-state index in [1.54, 1.807) is 6.20 Å². The number of hydrogen-bond donors (Lipinski definition) is 3. The molecule has 1 heterocycles. The molecule has 1 aliphatic carbocycles. The highest BCUT2D eigenvalue weighted by molar-refractivity contribution is 5.68. The molecule has 0 bridgehead atoms. The number of alkyl carbamates (subject to hydrolysis) is 1. The minimum Gasteiger partial charge on any atom is -0.444 e. The van der Waals surface area contributed by atoms with Crippen LogP contribution in [-0.2, 0) is 11.3 Å². The highest BCUT2D eigenvalue weighted by atomic mass is 16.6. The van der Waals surface area contributed by atoms with Crippen molar-refractivity contribution >= 4 is 6.09 Å². The second-order valence-corrected chi connectivity index (χ2v) is 6.96. The number of H-pyrrole nitrogens is 1. The Kier molecular flexibility index (Phi) is 5.83. The normalized spacial score (nSPS) is 22.9. The molecule has 6 nitrogen and oxygen atoms in total. The van der Waals surface area contributed by atoms with Gasteiger partial charge in [-0.2, -0.15) is 5.10 Å². The summed E-state index contributed by atoms with van der Waals surface area (Å²) in [6.45, 7) is 6.38. The maximum absolute atomic E-state index is 12.0. The molecule has 0 aliphatic heterocycles. The van der Waals surface area contributed by atoms with Gasteiger partial charge in [0.15, 0.2) is 0 Å². The molecule has 1 aliphatic rings. The molecule has 124 valence electrons. The van der Waals surface area contributed by atoms with Gasteiger partial charge in [0.25, 0.3) is 0 Å². The Balaban J connectivity index is 1.90. The Labute approximate surface area is 132 Å². The predicted octanol–water partition coefficient (Wildman–Crippen LogP) is 2.73. The molecule has 6 heteroatoms. The molecule has 3 N–H and O–H groups in total. The molecular weight excluding hydrogens is 280 g/mol. The van der Waals surface area contributed by atoms with Crippen molar-refractivity contribution in [2.24, 2.45) is 0 Å². The van der Waals surface area contributed by atoms with E-state index in [9.17, 15) is 4.79 Å². The van der Waals surface area contributed by atoms with E-state index in [-0.39, 0.29) is 18.2 Å². The van der Waals surface area contributed by atoms with Crippen LogP contribution in [0.15, 0.2) is 12.3 Å². The average Bonchev–Trinajstić information content (AvgIpc) is 2.83. The fourth-order valence-electron chi connectivity index (χ4n) is 2.81. The van der Waals surface area contributed by atoms with E-state index >= 15 is 0 Å². The van der Waals surface area contributed by atoms with Gasteiger partial charge in [-0.3, -0.25) is 5.10 Å². The summed E-state index contributed by atoms with van der Waals surface area (Å²) < 4.78 is 5.39. The third kappa shape index (κ3) is 5.67. The van der Waals surface area contributed by atoms with Gasteiger partial charge in [-0.05, 0) is 39.7 Å². The first-order chi connectivity index (χ1) is 10.4. The van der Waals surface area contributed by atoms with Gasteiger partial charge in [-0.25, -0.2) is 4.79 Å². The van der Waals surface area contributed by atoms with E-state index in [2.05, 4.69) is 20.8 Å². The summed E-state index contributed by atoms with van der Waals surface area (Å²) in [5.41, 5.74) is 0.591. The number of hydrogen-bond acceptors (Lipinski definition) is 4. The fourth-order valence-corrected chi connectivity index (χ4v) is 2.81. The number of amides is 1. The molecule has 2 unspecified atom stereocenters. The third-order valence-electron chi connectivity index (χ3n) is 3.83. The van der Waals surface area contributed by atoms with Crippen LogP contribution < -0.4 is 10.6 Å². The van der Waals surface area contributed by atoms with Gasteiger partial charge in [0, 0.05) is 30.5 Å². The molecule has 0 spiro atoms. The molecule has 22 heavy (non-hydrogen) atoms. The summed E-state index contributed by atoms with van der Waals surface area (Å²) >= 11 is 0. The van der Waals surface area contributed by atoms with Crippen LogP contribution >= 0.6 is 0 Å². The standard InChI is InChI=1S/C16H28N4O2/c1-16(2,3)22-15(21)19-14-8-6-4-5-7-13(14)17-11-12-9-10-18-20-12/h9-10,13-14,17H,4-8,11H2,1-3H3,(H,18,20)(H,19,21). The number of aromatic amines is 1. The van der Waals surface area contributed by atoms with Crippen LogP contribution in [0.5, 0.6) is 0 Å². The van der Waals surface area contributed by atoms with Crippen molar-refractivity contribution in [3.8, 4) is 0 Å². The van der Waals surface area contributed by atoms with Crippen molar-refractivity contribution in [3.63, 3.8) is 0 Å². The zero-order chi connectivity index (χ0) is 16.0. The van der Waals surface area contributed by atoms with Gasteiger partial charge < -0.3 is 15.4 Å². The van der Waals surface area contributed by atoms with E-state index in [1.807, 2.05) is 26.8 Å². The molecule has 1 fully saturated rings. The van der Waals surface area contributed by atoms with E-state index in [1.165, 1.54) is 12.8 Å². The lowest BCUT2D eigenvalue weighted by atomic mass is 10.0. The molecule has 1 amide bonds. The number of nitrogens with zero attached hydrogens (tertiary/aromatic N) is 1. The number of aromatic nitrogens is 2. The Hall–Kier alpha value is -1.56. The van der Waals surface area contributed by atoms with Gasteiger partial charge in [0.1, 0.15) is 5.60 Å². The van der Waals surface area contributed by atoms with Gasteiger partial charge in [-0.15, -0.1) is 0 Å². The number of nitrogens with one attached hydrogen (secondary N) is 3. The summed E-state index contributed by atoms with van der Waals surface area (Å²) in [5.74, 6) is 0. The van der Waals surface area contributed by atoms with E-state index in [0.29, 0.717) is 0 Å². The second-order valence-electron chi connectivity index (χ2n) is 6.96. The first-order valence-corrected chi connectivity index (χ1v) is 8.15. The van der Waals surface area contributed by atoms with Crippen LogP contribution in [0.25, 0.3) is 0 Å². The van der Waals surface area contributed by atoms with Crippen LogP contribution in [0.4, 0.5) is 4.79 Å². The summed E-state index contributed by atoms with van der Waals surface area (Å²) in [6, 6.07) is 2.33. The summed E-state index contributed by atoms with van der Waals surface area (Å²) in [7, 11) is 0. The monoisotopic (exact) mass is 308 g/mol. The molecule has 1 aromatic rings. The first kappa shape index (κ1) is 16.8. The van der Waals surface area contributed by atoms with Gasteiger partial charge in [0.2, 0.25) is 0 Å². The van der Waals surface area contributed by atoms with Crippen LogP contribution in [0, 0.1) is 0 Å². The van der Waals surface area contributed by atoms with Crippen LogP contribution in [0.1, 0.15) is 58.6 Å². The van der Waals surface area contributed by atoms with Crippen molar-refractivity contribution in [2.75, 3.05) is 0 Å². The number of rotatable bonds is 4. The maximum Gasteiger partial charge on any atom is 0.407 e. The number of carbonyl (C=O) groups is 1. The topological polar surface area (TPSA) is 79.0 Å². The van der Waals surface area contributed by atoms with Crippen molar-refractivity contribution in [1.82, 2.24) is 20.8 Å². The van der Waals surface area contributed by atoms with Crippen molar-refractivity contribution in [3.05, 3.63) is 18.0 Å². The van der Waals surface area contributed by atoms with Gasteiger partial charge >= 0.3 is 6.09 Å². The van der Waals surface area contributed by atoms with Crippen LogP contribution in [0.3, 0.4) is 0 Å². The van der Waals surface area contributed by atoms with E-state index in [0.717, 1.165) is 31.5 Å². The molecule has 2 atom stereocenters. The Bertz CT molecular complexity index is 453. The van der Waals surface area contributed by atoms with Crippen molar-refractivity contribution < 1.29 is 9.53 Å².